The number of aryl methyl sites for hydroxylation is 1. The zero-order chi connectivity index (χ0) is 25.7. The van der Waals surface area contributed by atoms with Gasteiger partial charge in [0, 0.05) is 37.0 Å². The molecule has 1 saturated heterocycles. The van der Waals surface area contributed by atoms with Gasteiger partial charge in [0.2, 0.25) is 5.95 Å². The third-order valence-electron chi connectivity index (χ3n) is 7.15. The smallest absolute Gasteiger partial charge is 0.332 e. The summed E-state index contributed by atoms with van der Waals surface area (Å²) in [6.07, 6.45) is 1.89. The molecule has 4 heterocycles. The summed E-state index contributed by atoms with van der Waals surface area (Å²) in [5.74, 6) is 6.61. The number of aromatic nitrogens is 4. The van der Waals surface area contributed by atoms with Gasteiger partial charge in [-0.3, -0.25) is 18.5 Å². The van der Waals surface area contributed by atoms with Crippen LogP contribution in [-0.2, 0) is 20.1 Å². The largest absolute Gasteiger partial charge is 0.456 e. The van der Waals surface area contributed by atoms with Crippen LogP contribution in [0.2, 0.25) is 0 Å². The van der Waals surface area contributed by atoms with Gasteiger partial charge in [0.15, 0.2) is 11.2 Å². The summed E-state index contributed by atoms with van der Waals surface area (Å²) in [5, 5.41) is 1.95. The highest BCUT2D eigenvalue weighted by molar-refractivity contribution is 6.04. The third kappa shape index (κ3) is 3.81. The Hall–Kier alpha value is -4.29. The maximum absolute atomic E-state index is 13.9. The SMILES string of the molecule is CC#CCn1c(N2CCCC(N)C2)nc2c1c(=O)n(Cc1ccc3oc4ccccc4c3c1)c(=O)n2C. The van der Waals surface area contributed by atoms with E-state index in [0.29, 0.717) is 30.2 Å². The number of piperidine rings is 1. The fourth-order valence-corrected chi connectivity index (χ4v) is 5.29. The summed E-state index contributed by atoms with van der Waals surface area (Å²) in [4.78, 5) is 34.1. The number of para-hydroxylation sites is 1. The van der Waals surface area contributed by atoms with Crippen LogP contribution in [0.5, 0.6) is 0 Å². The molecule has 0 amide bonds. The summed E-state index contributed by atoms with van der Waals surface area (Å²) in [6, 6.07) is 13.6. The van der Waals surface area contributed by atoms with Gasteiger partial charge in [-0.1, -0.05) is 30.2 Å². The Morgan fingerprint density at radius 3 is 2.73 bits per heavy atom. The first-order valence-electron chi connectivity index (χ1n) is 12.5. The number of anilines is 1. The number of rotatable bonds is 4. The third-order valence-corrected chi connectivity index (χ3v) is 7.15. The predicted octanol–water partition coefficient (Wildman–Crippen LogP) is 2.80. The van der Waals surface area contributed by atoms with Gasteiger partial charge >= 0.3 is 5.69 Å². The van der Waals surface area contributed by atoms with Gasteiger partial charge < -0.3 is 15.1 Å². The molecule has 1 unspecified atom stereocenters. The lowest BCUT2D eigenvalue weighted by atomic mass is 10.1. The average Bonchev–Trinajstić information content (AvgIpc) is 3.47. The summed E-state index contributed by atoms with van der Waals surface area (Å²) >= 11 is 0. The zero-order valence-corrected chi connectivity index (χ0v) is 20.9. The van der Waals surface area contributed by atoms with E-state index in [4.69, 9.17) is 15.1 Å². The standard InChI is InChI=1S/C28H28N6O3/c1-3-4-14-33-24-25(30-27(33)32-13-7-8-19(29)17-32)31(2)28(36)34(26(24)35)16-18-11-12-23-21(15-18)20-9-5-6-10-22(20)37-23/h5-6,9-12,15,19H,7-8,13-14,16-17,29H2,1-2H3. The molecule has 0 saturated carbocycles. The van der Waals surface area contributed by atoms with E-state index in [1.165, 1.54) is 9.13 Å². The lowest BCUT2D eigenvalue weighted by molar-refractivity contribution is 0.496. The number of imidazole rings is 1. The number of nitrogens with two attached hydrogens (primary N) is 1. The van der Waals surface area contributed by atoms with Crippen LogP contribution in [0.1, 0.15) is 25.3 Å². The van der Waals surface area contributed by atoms with Crippen molar-refractivity contribution in [2.45, 2.75) is 38.9 Å². The van der Waals surface area contributed by atoms with Crippen LogP contribution in [0.4, 0.5) is 5.95 Å². The lowest BCUT2D eigenvalue weighted by Gasteiger charge is -2.31. The van der Waals surface area contributed by atoms with Crippen molar-refractivity contribution in [1.82, 2.24) is 18.7 Å². The van der Waals surface area contributed by atoms with Crippen LogP contribution < -0.4 is 21.9 Å². The number of hydrogen-bond donors (Lipinski definition) is 1. The van der Waals surface area contributed by atoms with E-state index in [9.17, 15) is 9.59 Å². The summed E-state index contributed by atoms with van der Waals surface area (Å²) in [5.41, 5.74) is 8.56. The van der Waals surface area contributed by atoms with Gasteiger partial charge in [0.25, 0.3) is 5.56 Å². The summed E-state index contributed by atoms with van der Waals surface area (Å²) in [6.45, 7) is 3.63. The monoisotopic (exact) mass is 496 g/mol. The minimum absolute atomic E-state index is 0.0358. The summed E-state index contributed by atoms with van der Waals surface area (Å²) in [7, 11) is 1.65. The molecule has 9 nitrogen and oxygen atoms in total. The quantitative estimate of drug-likeness (QED) is 0.384. The number of furan rings is 1. The normalized spacial score (nSPS) is 16.0. The minimum atomic E-state index is -0.414. The molecule has 3 aromatic heterocycles. The summed E-state index contributed by atoms with van der Waals surface area (Å²) < 4.78 is 10.5. The fourth-order valence-electron chi connectivity index (χ4n) is 5.29. The maximum atomic E-state index is 13.9. The molecular weight excluding hydrogens is 468 g/mol. The lowest BCUT2D eigenvalue weighted by Crippen LogP contribution is -2.44. The van der Waals surface area contributed by atoms with E-state index in [1.807, 2.05) is 47.0 Å². The highest BCUT2D eigenvalue weighted by Gasteiger charge is 2.26. The van der Waals surface area contributed by atoms with Crippen molar-refractivity contribution in [3.8, 4) is 11.8 Å². The van der Waals surface area contributed by atoms with E-state index < -0.39 is 5.69 Å². The zero-order valence-electron chi connectivity index (χ0n) is 20.9. The Morgan fingerprint density at radius 2 is 1.92 bits per heavy atom. The van der Waals surface area contributed by atoms with Crippen LogP contribution in [0.15, 0.2) is 56.5 Å². The fraction of sp³-hybridized carbons (Fsp3) is 0.321. The Bertz CT molecular complexity index is 1850. The van der Waals surface area contributed by atoms with Gasteiger partial charge in [-0.2, -0.15) is 4.98 Å². The van der Waals surface area contributed by atoms with Crippen molar-refractivity contribution in [3.05, 3.63) is 68.9 Å². The van der Waals surface area contributed by atoms with Crippen molar-refractivity contribution in [1.29, 1.82) is 0 Å². The molecule has 0 radical (unpaired) electrons. The second-order valence-corrected chi connectivity index (χ2v) is 9.61. The van der Waals surface area contributed by atoms with E-state index in [2.05, 4.69) is 16.7 Å². The van der Waals surface area contributed by atoms with Gasteiger partial charge in [-0.15, -0.1) is 5.92 Å². The van der Waals surface area contributed by atoms with Crippen molar-refractivity contribution >= 4 is 39.1 Å². The molecule has 9 heteroatoms. The van der Waals surface area contributed by atoms with Gasteiger partial charge in [0.1, 0.15) is 11.2 Å². The van der Waals surface area contributed by atoms with E-state index in [-0.39, 0.29) is 18.1 Å². The molecule has 6 rings (SSSR count). The van der Waals surface area contributed by atoms with Gasteiger partial charge in [0.05, 0.1) is 13.1 Å². The molecule has 1 atom stereocenters. The molecular formula is C28H28N6O3. The van der Waals surface area contributed by atoms with Gasteiger partial charge in [-0.25, -0.2) is 4.79 Å². The van der Waals surface area contributed by atoms with Crippen molar-refractivity contribution < 1.29 is 4.42 Å². The van der Waals surface area contributed by atoms with Crippen LogP contribution in [-0.4, -0.2) is 37.8 Å². The van der Waals surface area contributed by atoms with Crippen LogP contribution in [0.25, 0.3) is 33.1 Å². The first kappa shape index (κ1) is 23.1. The van der Waals surface area contributed by atoms with Crippen LogP contribution in [0, 0.1) is 11.8 Å². The second-order valence-electron chi connectivity index (χ2n) is 9.61. The number of benzene rings is 2. The number of hydrogen-bond acceptors (Lipinski definition) is 6. The Kier molecular flexibility index (Phi) is 5.61. The van der Waals surface area contributed by atoms with Crippen molar-refractivity contribution in [2.75, 3.05) is 18.0 Å². The van der Waals surface area contributed by atoms with Crippen LogP contribution >= 0.6 is 0 Å². The van der Waals surface area contributed by atoms with Crippen molar-refractivity contribution in [3.63, 3.8) is 0 Å². The molecule has 1 aliphatic heterocycles. The number of fused-ring (bicyclic) bond motifs is 4. The molecule has 0 spiro atoms. The maximum Gasteiger partial charge on any atom is 0.332 e. The molecule has 5 aromatic rings. The molecule has 0 bridgehead atoms. The molecule has 0 aliphatic carbocycles. The van der Waals surface area contributed by atoms with E-state index in [0.717, 1.165) is 46.9 Å². The average molecular weight is 497 g/mol. The first-order chi connectivity index (χ1) is 18.0. The number of nitrogens with zero attached hydrogens (tertiary/aromatic N) is 5. The first-order valence-corrected chi connectivity index (χ1v) is 12.5. The van der Waals surface area contributed by atoms with E-state index >= 15 is 0 Å². The van der Waals surface area contributed by atoms with Crippen molar-refractivity contribution in [2.24, 2.45) is 12.8 Å². The minimum Gasteiger partial charge on any atom is -0.456 e. The Morgan fingerprint density at radius 1 is 1.11 bits per heavy atom. The highest BCUT2D eigenvalue weighted by Crippen LogP contribution is 2.29. The van der Waals surface area contributed by atoms with E-state index in [1.54, 1.807) is 14.0 Å². The second kappa shape index (κ2) is 8.98. The Balaban J connectivity index is 1.51. The Labute approximate surface area is 212 Å². The molecule has 1 fully saturated rings. The van der Waals surface area contributed by atoms with Gasteiger partial charge in [-0.05, 0) is 43.5 Å². The predicted molar refractivity (Wildman–Crippen MR) is 145 cm³/mol. The van der Waals surface area contributed by atoms with Crippen LogP contribution in [0.3, 0.4) is 0 Å². The molecule has 188 valence electrons. The molecule has 2 N–H and O–H groups in total. The highest BCUT2D eigenvalue weighted by atomic mass is 16.3. The molecule has 37 heavy (non-hydrogen) atoms. The molecule has 2 aromatic carbocycles. The topological polar surface area (TPSA) is 104 Å². The molecule has 1 aliphatic rings.